The Morgan fingerprint density at radius 1 is 1.48 bits per heavy atom. The molecule has 21 heavy (non-hydrogen) atoms. The van der Waals surface area contributed by atoms with Gasteiger partial charge < -0.3 is 20.1 Å². The van der Waals surface area contributed by atoms with E-state index in [1.165, 1.54) is 25.3 Å². The molecule has 1 aromatic carbocycles. The van der Waals surface area contributed by atoms with Gasteiger partial charge in [0, 0.05) is 18.7 Å². The van der Waals surface area contributed by atoms with Crippen molar-refractivity contribution in [2.45, 2.75) is 13.0 Å². The van der Waals surface area contributed by atoms with Crippen LogP contribution in [0.3, 0.4) is 0 Å². The molecule has 1 aliphatic rings. The van der Waals surface area contributed by atoms with Gasteiger partial charge in [0.15, 0.2) is 11.5 Å². The van der Waals surface area contributed by atoms with E-state index in [1.807, 2.05) is 0 Å². The van der Waals surface area contributed by atoms with Crippen LogP contribution in [0.15, 0.2) is 18.2 Å². The summed E-state index contributed by atoms with van der Waals surface area (Å²) in [4.78, 5) is 14.1. The second kappa shape index (κ2) is 6.71. The van der Waals surface area contributed by atoms with E-state index in [9.17, 15) is 13.6 Å². The van der Waals surface area contributed by atoms with E-state index in [4.69, 9.17) is 10.5 Å². The van der Waals surface area contributed by atoms with Crippen LogP contribution in [-0.4, -0.2) is 44.2 Å². The number of alkyl halides is 2. The molecular formula is C14H18F2N2O3. The molecule has 5 nitrogen and oxygen atoms in total. The molecule has 1 atom stereocenters. The Morgan fingerprint density at radius 3 is 2.81 bits per heavy atom. The van der Waals surface area contributed by atoms with Crippen molar-refractivity contribution < 1.29 is 23.0 Å². The van der Waals surface area contributed by atoms with Crippen LogP contribution in [0.25, 0.3) is 0 Å². The first-order valence-corrected chi connectivity index (χ1v) is 6.67. The predicted molar refractivity (Wildman–Crippen MR) is 72.7 cm³/mol. The van der Waals surface area contributed by atoms with Gasteiger partial charge in [-0.15, -0.1) is 0 Å². The minimum Gasteiger partial charge on any atom is -0.493 e. The van der Waals surface area contributed by atoms with Gasteiger partial charge in [0.25, 0.3) is 5.91 Å². The maximum Gasteiger partial charge on any atom is 0.387 e. The van der Waals surface area contributed by atoms with Crippen molar-refractivity contribution in [3.63, 3.8) is 0 Å². The van der Waals surface area contributed by atoms with Crippen molar-refractivity contribution in [3.8, 4) is 11.5 Å². The van der Waals surface area contributed by atoms with Crippen molar-refractivity contribution in [1.82, 2.24) is 4.90 Å². The van der Waals surface area contributed by atoms with Gasteiger partial charge >= 0.3 is 6.61 Å². The second-order valence-electron chi connectivity index (χ2n) is 4.89. The molecule has 1 amide bonds. The fourth-order valence-corrected chi connectivity index (χ4v) is 2.39. The first-order chi connectivity index (χ1) is 10.0. The van der Waals surface area contributed by atoms with Gasteiger partial charge in [-0.1, -0.05) is 0 Å². The molecule has 1 aromatic rings. The Morgan fingerprint density at radius 2 is 2.24 bits per heavy atom. The molecule has 0 aromatic heterocycles. The lowest BCUT2D eigenvalue weighted by molar-refractivity contribution is -0.0512. The highest BCUT2D eigenvalue weighted by molar-refractivity contribution is 5.95. The lowest BCUT2D eigenvalue weighted by Crippen LogP contribution is -2.29. The Labute approximate surface area is 121 Å². The highest BCUT2D eigenvalue weighted by Crippen LogP contribution is 2.30. The van der Waals surface area contributed by atoms with Crippen LogP contribution < -0.4 is 15.2 Å². The number of halogens is 2. The Balaban J connectivity index is 2.15. The molecule has 7 heteroatoms. The van der Waals surface area contributed by atoms with Gasteiger partial charge in [-0.05, 0) is 37.1 Å². The Bertz CT molecular complexity index is 511. The first-order valence-electron chi connectivity index (χ1n) is 6.67. The molecule has 1 fully saturated rings. The summed E-state index contributed by atoms with van der Waals surface area (Å²) in [7, 11) is 1.34. The topological polar surface area (TPSA) is 64.8 Å². The van der Waals surface area contributed by atoms with E-state index in [-0.39, 0.29) is 17.4 Å². The molecule has 1 saturated heterocycles. The van der Waals surface area contributed by atoms with Gasteiger partial charge in [0.1, 0.15) is 0 Å². The molecule has 2 rings (SSSR count). The number of nitrogens with zero attached hydrogens (tertiary/aromatic N) is 1. The average Bonchev–Trinajstić information content (AvgIpc) is 2.95. The molecule has 0 bridgehead atoms. The van der Waals surface area contributed by atoms with Gasteiger partial charge in [-0.3, -0.25) is 4.79 Å². The van der Waals surface area contributed by atoms with Crippen molar-refractivity contribution >= 4 is 5.91 Å². The van der Waals surface area contributed by atoms with Crippen LogP contribution in [0.4, 0.5) is 8.78 Å². The second-order valence-corrected chi connectivity index (χ2v) is 4.89. The smallest absolute Gasteiger partial charge is 0.387 e. The quantitative estimate of drug-likeness (QED) is 0.899. The van der Waals surface area contributed by atoms with Gasteiger partial charge in [0.2, 0.25) is 0 Å². The number of likely N-dealkylation sites (tertiary alicyclic amines) is 1. The number of hydrogen-bond acceptors (Lipinski definition) is 4. The van der Waals surface area contributed by atoms with E-state index < -0.39 is 6.61 Å². The van der Waals surface area contributed by atoms with Crippen LogP contribution >= 0.6 is 0 Å². The predicted octanol–water partition coefficient (Wildman–Crippen LogP) is 1.72. The van der Waals surface area contributed by atoms with Crippen molar-refractivity contribution in [2.75, 3.05) is 26.7 Å². The third-order valence-corrected chi connectivity index (χ3v) is 3.53. The molecule has 116 valence electrons. The monoisotopic (exact) mass is 300 g/mol. The third kappa shape index (κ3) is 3.60. The van der Waals surface area contributed by atoms with Crippen molar-refractivity contribution in [2.24, 2.45) is 11.7 Å². The molecular weight excluding hydrogens is 282 g/mol. The number of methoxy groups -OCH3 is 1. The molecule has 0 spiro atoms. The normalized spacial score (nSPS) is 18.1. The van der Waals surface area contributed by atoms with Crippen LogP contribution in [0, 0.1) is 5.92 Å². The lowest BCUT2D eigenvalue weighted by Gasteiger charge is -2.17. The molecule has 1 aliphatic heterocycles. The van der Waals surface area contributed by atoms with Gasteiger partial charge in [-0.2, -0.15) is 8.78 Å². The van der Waals surface area contributed by atoms with Crippen molar-refractivity contribution in [1.29, 1.82) is 0 Å². The number of carbonyl (C=O) groups excluding carboxylic acids is 1. The average molecular weight is 300 g/mol. The Kier molecular flexibility index (Phi) is 4.95. The minimum absolute atomic E-state index is 0.0923. The summed E-state index contributed by atoms with van der Waals surface area (Å²) < 4.78 is 33.8. The van der Waals surface area contributed by atoms with Crippen LogP contribution in [0.2, 0.25) is 0 Å². The zero-order valence-corrected chi connectivity index (χ0v) is 11.7. The summed E-state index contributed by atoms with van der Waals surface area (Å²) in [5.74, 6) is 0.172. The minimum atomic E-state index is -2.94. The molecule has 2 N–H and O–H groups in total. The summed E-state index contributed by atoms with van der Waals surface area (Å²) >= 11 is 0. The standard InChI is InChI=1S/C14H18F2N2O3/c1-20-12-6-10(2-3-11(12)21-14(15)16)13(19)18-5-4-9(7-17)8-18/h2-3,6,9,14H,4-5,7-8,17H2,1H3. The van der Waals surface area contributed by atoms with Gasteiger partial charge in [-0.25, -0.2) is 0 Å². The maximum absolute atomic E-state index is 12.4. The number of rotatable bonds is 5. The number of nitrogens with two attached hydrogens (primary N) is 1. The highest BCUT2D eigenvalue weighted by Gasteiger charge is 2.26. The fourth-order valence-electron chi connectivity index (χ4n) is 2.39. The molecule has 0 saturated carbocycles. The number of ether oxygens (including phenoxy) is 2. The number of benzene rings is 1. The summed E-state index contributed by atoms with van der Waals surface area (Å²) in [5, 5.41) is 0. The van der Waals surface area contributed by atoms with E-state index in [0.717, 1.165) is 6.42 Å². The summed E-state index contributed by atoms with van der Waals surface area (Å²) in [5.41, 5.74) is 5.98. The fraction of sp³-hybridized carbons (Fsp3) is 0.500. The third-order valence-electron chi connectivity index (χ3n) is 3.53. The SMILES string of the molecule is COc1cc(C(=O)N2CCC(CN)C2)ccc1OC(F)F. The number of carbonyl (C=O) groups is 1. The lowest BCUT2D eigenvalue weighted by atomic mass is 10.1. The van der Waals surface area contributed by atoms with Crippen molar-refractivity contribution in [3.05, 3.63) is 23.8 Å². The van der Waals surface area contributed by atoms with E-state index >= 15 is 0 Å². The van der Waals surface area contributed by atoms with E-state index in [0.29, 0.717) is 31.1 Å². The molecule has 1 heterocycles. The zero-order chi connectivity index (χ0) is 15.4. The van der Waals surface area contributed by atoms with Crippen LogP contribution in [-0.2, 0) is 0 Å². The maximum atomic E-state index is 12.4. The van der Waals surface area contributed by atoms with Crippen LogP contribution in [0.1, 0.15) is 16.8 Å². The van der Waals surface area contributed by atoms with E-state index in [1.54, 1.807) is 4.90 Å². The summed E-state index contributed by atoms with van der Waals surface area (Å²) in [6, 6.07) is 4.18. The molecule has 0 radical (unpaired) electrons. The summed E-state index contributed by atoms with van der Waals surface area (Å²) in [6.45, 7) is -1.12. The number of amides is 1. The van der Waals surface area contributed by atoms with Crippen LogP contribution in [0.5, 0.6) is 11.5 Å². The highest BCUT2D eigenvalue weighted by atomic mass is 19.3. The molecule has 0 aliphatic carbocycles. The Hall–Kier alpha value is -1.89. The van der Waals surface area contributed by atoms with E-state index in [2.05, 4.69) is 4.74 Å². The first kappa shape index (κ1) is 15.5. The molecule has 1 unspecified atom stereocenters. The summed E-state index contributed by atoms with van der Waals surface area (Å²) in [6.07, 6.45) is 0.881. The van der Waals surface area contributed by atoms with Gasteiger partial charge in [0.05, 0.1) is 7.11 Å². The largest absolute Gasteiger partial charge is 0.493 e. The number of hydrogen-bond donors (Lipinski definition) is 1. The zero-order valence-electron chi connectivity index (χ0n) is 11.7.